The summed E-state index contributed by atoms with van der Waals surface area (Å²) < 4.78 is 0. The Morgan fingerprint density at radius 2 is 1.28 bits per heavy atom. The molecule has 0 spiro atoms. The van der Waals surface area contributed by atoms with Gasteiger partial charge in [-0.1, -0.05) is 60.5 Å². The van der Waals surface area contributed by atoms with Gasteiger partial charge in [0, 0.05) is 22.7 Å². The summed E-state index contributed by atoms with van der Waals surface area (Å²) in [5.41, 5.74) is 4.86. The molecule has 162 valence electrons. The third-order valence-electron chi connectivity index (χ3n) is 6.13. The lowest BCUT2D eigenvalue weighted by Gasteiger charge is -2.14. The number of Topliss-reactive ketones (excluding diaryl/α,β-unsaturated/α-hetero) is 1. The van der Waals surface area contributed by atoms with Crippen LogP contribution >= 0.6 is 0 Å². The van der Waals surface area contributed by atoms with E-state index in [4.69, 9.17) is 0 Å². The van der Waals surface area contributed by atoms with Crippen molar-refractivity contribution in [3.05, 3.63) is 89.5 Å². The second-order valence-corrected chi connectivity index (χ2v) is 8.32. The van der Waals surface area contributed by atoms with Crippen LogP contribution in [0.3, 0.4) is 0 Å². The standard InChI is InChI=1S/C27H25NO4/c1-17-5-7-21(8-6-17)26(30)28-22-15-13-19(14-16-22)18-9-11-20(12-10-18)25(29)23-3-2-4-24(23)27(31)32/h5-16,23-24H,2-4H2,1H3,(H,28,30)(H,31,32)/t23-,24-/m1/s1. The fourth-order valence-electron chi connectivity index (χ4n) is 4.26. The number of benzene rings is 3. The monoisotopic (exact) mass is 427 g/mol. The van der Waals surface area contributed by atoms with E-state index in [0.717, 1.165) is 23.1 Å². The Labute approximate surface area is 187 Å². The number of aryl methyl sites for hydroxylation is 1. The average Bonchev–Trinajstić information content (AvgIpc) is 3.30. The molecule has 0 radical (unpaired) electrons. The summed E-state index contributed by atoms with van der Waals surface area (Å²) in [7, 11) is 0. The van der Waals surface area contributed by atoms with Crippen LogP contribution in [0.4, 0.5) is 5.69 Å². The Bertz CT molecular complexity index is 1130. The van der Waals surface area contributed by atoms with Crippen LogP contribution in [-0.4, -0.2) is 22.8 Å². The number of rotatable bonds is 6. The molecule has 3 aromatic rings. The SMILES string of the molecule is Cc1ccc(C(=O)Nc2ccc(-c3ccc(C(=O)[C@@H]4CCC[C@H]4C(=O)O)cc3)cc2)cc1. The van der Waals surface area contributed by atoms with Crippen LogP contribution < -0.4 is 5.32 Å². The van der Waals surface area contributed by atoms with Crippen LogP contribution in [-0.2, 0) is 4.79 Å². The van der Waals surface area contributed by atoms with E-state index in [-0.39, 0.29) is 11.7 Å². The van der Waals surface area contributed by atoms with Gasteiger partial charge in [-0.3, -0.25) is 14.4 Å². The number of hydrogen-bond donors (Lipinski definition) is 2. The van der Waals surface area contributed by atoms with Crippen molar-refractivity contribution in [2.75, 3.05) is 5.32 Å². The van der Waals surface area contributed by atoms with E-state index in [1.54, 1.807) is 24.3 Å². The number of amides is 1. The normalized spacial score (nSPS) is 17.7. The van der Waals surface area contributed by atoms with Crippen LogP contribution in [0.1, 0.15) is 45.5 Å². The number of nitrogens with one attached hydrogen (secondary N) is 1. The highest BCUT2D eigenvalue weighted by Crippen LogP contribution is 2.34. The van der Waals surface area contributed by atoms with Crippen molar-refractivity contribution in [2.45, 2.75) is 26.2 Å². The minimum atomic E-state index is -0.882. The van der Waals surface area contributed by atoms with Crippen LogP contribution in [0.25, 0.3) is 11.1 Å². The summed E-state index contributed by atoms with van der Waals surface area (Å²) in [4.78, 5) is 36.6. The minimum absolute atomic E-state index is 0.0874. The molecule has 2 N–H and O–H groups in total. The van der Waals surface area contributed by atoms with Gasteiger partial charge in [-0.2, -0.15) is 0 Å². The van der Waals surface area contributed by atoms with Gasteiger partial charge < -0.3 is 10.4 Å². The first-order valence-electron chi connectivity index (χ1n) is 10.8. The molecular weight excluding hydrogens is 402 g/mol. The van der Waals surface area contributed by atoms with Gasteiger partial charge in [-0.05, 0) is 55.2 Å². The van der Waals surface area contributed by atoms with Crippen molar-refractivity contribution < 1.29 is 19.5 Å². The molecule has 5 nitrogen and oxygen atoms in total. The molecule has 0 aromatic heterocycles. The number of carbonyl (C=O) groups is 3. The lowest BCUT2D eigenvalue weighted by Crippen LogP contribution is -2.25. The van der Waals surface area contributed by atoms with Gasteiger partial charge in [0.05, 0.1) is 5.92 Å². The Morgan fingerprint density at radius 3 is 1.88 bits per heavy atom. The third-order valence-corrected chi connectivity index (χ3v) is 6.13. The predicted molar refractivity (Wildman–Crippen MR) is 124 cm³/mol. The van der Waals surface area contributed by atoms with E-state index in [1.807, 2.05) is 55.5 Å². The number of anilines is 1. The summed E-state index contributed by atoms with van der Waals surface area (Å²) in [6.07, 6.45) is 1.97. The van der Waals surface area contributed by atoms with E-state index in [1.165, 1.54) is 0 Å². The molecule has 5 heteroatoms. The van der Waals surface area contributed by atoms with Crippen molar-refractivity contribution in [3.8, 4) is 11.1 Å². The molecule has 1 saturated carbocycles. The first kappa shape index (κ1) is 21.5. The molecule has 1 fully saturated rings. The molecule has 0 aliphatic heterocycles. The summed E-state index contributed by atoms with van der Waals surface area (Å²) in [5.74, 6) is -2.14. The van der Waals surface area contributed by atoms with E-state index >= 15 is 0 Å². The summed E-state index contributed by atoms with van der Waals surface area (Å²) in [6.45, 7) is 1.98. The van der Waals surface area contributed by atoms with Crippen molar-refractivity contribution in [3.63, 3.8) is 0 Å². The molecule has 1 aliphatic rings. The minimum Gasteiger partial charge on any atom is -0.481 e. The summed E-state index contributed by atoms with van der Waals surface area (Å²) in [5, 5.41) is 12.2. The zero-order valence-electron chi connectivity index (χ0n) is 17.9. The van der Waals surface area contributed by atoms with Gasteiger partial charge >= 0.3 is 5.97 Å². The maximum absolute atomic E-state index is 12.8. The lowest BCUT2D eigenvalue weighted by atomic mass is 9.88. The molecule has 3 aromatic carbocycles. The van der Waals surface area contributed by atoms with Gasteiger partial charge in [-0.25, -0.2) is 0 Å². The van der Waals surface area contributed by atoms with Crippen LogP contribution in [0.2, 0.25) is 0 Å². The first-order chi connectivity index (χ1) is 15.4. The highest BCUT2D eigenvalue weighted by molar-refractivity contribution is 6.04. The smallest absolute Gasteiger partial charge is 0.307 e. The number of carboxylic acids is 1. The van der Waals surface area contributed by atoms with Crippen molar-refractivity contribution >= 4 is 23.3 Å². The fraction of sp³-hybridized carbons (Fsp3) is 0.222. The summed E-state index contributed by atoms with van der Waals surface area (Å²) in [6, 6.07) is 22.2. The Balaban J connectivity index is 1.43. The highest BCUT2D eigenvalue weighted by atomic mass is 16.4. The molecular formula is C27H25NO4. The number of carbonyl (C=O) groups excluding carboxylic acids is 2. The molecule has 0 unspecified atom stereocenters. The molecule has 0 heterocycles. The maximum atomic E-state index is 12.8. The van der Waals surface area contributed by atoms with Gasteiger partial charge in [0.15, 0.2) is 5.78 Å². The lowest BCUT2D eigenvalue weighted by molar-refractivity contribution is -0.142. The molecule has 1 aliphatic carbocycles. The van der Waals surface area contributed by atoms with Crippen LogP contribution in [0.15, 0.2) is 72.8 Å². The highest BCUT2D eigenvalue weighted by Gasteiger charge is 2.37. The van der Waals surface area contributed by atoms with E-state index in [9.17, 15) is 19.5 Å². The van der Waals surface area contributed by atoms with E-state index in [0.29, 0.717) is 29.7 Å². The zero-order valence-corrected chi connectivity index (χ0v) is 17.9. The molecule has 0 bridgehead atoms. The number of hydrogen-bond acceptors (Lipinski definition) is 3. The van der Waals surface area contributed by atoms with Gasteiger partial charge in [0.1, 0.15) is 0 Å². The van der Waals surface area contributed by atoms with Crippen molar-refractivity contribution in [1.82, 2.24) is 0 Å². The molecule has 1 amide bonds. The van der Waals surface area contributed by atoms with Crippen molar-refractivity contribution in [1.29, 1.82) is 0 Å². The van der Waals surface area contributed by atoms with E-state index < -0.39 is 17.8 Å². The van der Waals surface area contributed by atoms with E-state index in [2.05, 4.69) is 5.32 Å². The predicted octanol–water partition coefficient (Wildman–Crippen LogP) is 5.60. The Morgan fingerprint density at radius 1 is 0.750 bits per heavy atom. The molecule has 4 rings (SSSR count). The maximum Gasteiger partial charge on any atom is 0.307 e. The number of aliphatic carboxylic acids is 1. The Hall–Kier alpha value is -3.73. The van der Waals surface area contributed by atoms with Crippen LogP contribution in [0.5, 0.6) is 0 Å². The summed E-state index contributed by atoms with van der Waals surface area (Å²) >= 11 is 0. The quantitative estimate of drug-likeness (QED) is 0.502. The van der Waals surface area contributed by atoms with Crippen molar-refractivity contribution in [2.24, 2.45) is 11.8 Å². The first-order valence-corrected chi connectivity index (χ1v) is 10.8. The fourth-order valence-corrected chi connectivity index (χ4v) is 4.26. The second kappa shape index (κ2) is 9.18. The van der Waals surface area contributed by atoms with Gasteiger partial charge in [0.2, 0.25) is 0 Å². The number of carboxylic acid groups (broad SMARTS) is 1. The average molecular weight is 428 g/mol. The molecule has 32 heavy (non-hydrogen) atoms. The molecule has 0 saturated heterocycles. The third kappa shape index (κ3) is 4.62. The molecule has 2 atom stereocenters. The Kier molecular flexibility index (Phi) is 6.17. The number of ketones is 1. The zero-order chi connectivity index (χ0) is 22.7. The van der Waals surface area contributed by atoms with Crippen LogP contribution in [0, 0.1) is 18.8 Å². The largest absolute Gasteiger partial charge is 0.481 e. The second-order valence-electron chi connectivity index (χ2n) is 8.32. The topological polar surface area (TPSA) is 83.5 Å². The van der Waals surface area contributed by atoms with Gasteiger partial charge in [-0.15, -0.1) is 0 Å². The van der Waals surface area contributed by atoms with Gasteiger partial charge in [0.25, 0.3) is 5.91 Å².